The molecule has 0 amide bonds. The Morgan fingerprint density at radius 2 is 0.817 bits per heavy atom. The lowest BCUT2D eigenvalue weighted by molar-refractivity contribution is 1.16. The van der Waals surface area contributed by atoms with Gasteiger partial charge in [-0.1, -0.05) is 206 Å². The predicted octanol–water partition coefficient (Wildman–Crippen LogP) is 12.7. The zero-order valence-electron chi connectivity index (χ0n) is 32.8. The summed E-state index contributed by atoms with van der Waals surface area (Å²) in [4.78, 5) is 8.39. The Labute approximate surface area is 351 Å². The van der Waals surface area contributed by atoms with Crippen LogP contribution in [0.15, 0.2) is 236 Å². The summed E-state index contributed by atoms with van der Waals surface area (Å²) in [6, 6.07) is 79.6. The van der Waals surface area contributed by atoms with Gasteiger partial charge in [0.15, 0.2) is 5.84 Å². The van der Waals surface area contributed by atoms with Crippen LogP contribution >= 0.6 is 7.92 Å². The molecule has 0 saturated carbocycles. The van der Waals surface area contributed by atoms with Crippen molar-refractivity contribution in [2.24, 2.45) is 4.99 Å². The van der Waals surface area contributed by atoms with Gasteiger partial charge in [-0.05, 0) is 103 Å². The molecular formula is C56H40N3P. The molecule has 0 aliphatic rings. The van der Waals surface area contributed by atoms with Crippen molar-refractivity contribution in [1.29, 1.82) is 5.41 Å². The van der Waals surface area contributed by atoms with Gasteiger partial charge in [0, 0.05) is 17.3 Å². The molecule has 4 heteroatoms. The van der Waals surface area contributed by atoms with Crippen LogP contribution in [0, 0.1) is 5.41 Å². The summed E-state index contributed by atoms with van der Waals surface area (Å²) in [7, 11) is -0.769. The lowest BCUT2D eigenvalue weighted by Crippen LogP contribution is -2.20. The molecule has 0 spiro atoms. The Morgan fingerprint density at radius 1 is 0.383 bits per heavy atom. The minimum atomic E-state index is -0.769. The summed E-state index contributed by atoms with van der Waals surface area (Å²) in [5.41, 5.74) is 10.1. The molecule has 0 radical (unpaired) electrons. The predicted molar refractivity (Wildman–Crippen MR) is 255 cm³/mol. The van der Waals surface area contributed by atoms with Gasteiger partial charge in [-0.25, -0.2) is 4.99 Å². The van der Waals surface area contributed by atoms with E-state index in [0.717, 1.165) is 38.9 Å². The summed E-state index contributed by atoms with van der Waals surface area (Å²) in [5, 5.41) is 18.1. The number of benzene rings is 9. The third kappa shape index (κ3) is 7.17. The number of fused-ring (bicyclic) bond motifs is 2. The highest BCUT2D eigenvalue weighted by molar-refractivity contribution is 7.79. The minimum Gasteiger partial charge on any atom is -0.345 e. The number of nitrogens with one attached hydrogen (secondary N) is 2. The van der Waals surface area contributed by atoms with Crippen molar-refractivity contribution in [2.75, 3.05) is 0 Å². The molecular weight excluding hydrogens is 746 g/mol. The first-order chi connectivity index (χ1) is 29.7. The molecule has 0 aliphatic heterocycles. The third-order valence-electron chi connectivity index (χ3n) is 11.1. The maximum atomic E-state index is 9.37. The zero-order valence-corrected chi connectivity index (χ0v) is 33.7. The van der Waals surface area contributed by atoms with E-state index in [0.29, 0.717) is 5.49 Å². The zero-order chi connectivity index (χ0) is 40.3. The summed E-state index contributed by atoms with van der Waals surface area (Å²) >= 11 is 0. The van der Waals surface area contributed by atoms with Crippen molar-refractivity contribution in [3.63, 3.8) is 0 Å². The van der Waals surface area contributed by atoms with Crippen molar-refractivity contribution in [1.82, 2.24) is 4.98 Å². The Balaban J connectivity index is 1.10. The monoisotopic (exact) mass is 785 g/mol. The maximum Gasteiger partial charge on any atom is 0.154 e. The van der Waals surface area contributed by atoms with E-state index >= 15 is 0 Å². The molecule has 60 heavy (non-hydrogen) atoms. The quantitative estimate of drug-likeness (QED) is 0.0667. The van der Waals surface area contributed by atoms with Gasteiger partial charge in [0.05, 0.1) is 0 Å². The number of pyridine rings is 1. The van der Waals surface area contributed by atoms with Crippen LogP contribution in [0.3, 0.4) is 0 Å². The second kappa shape index (κ2) is 16.4. The second-order valence-corrected chi connectivity index (χ2v) is 17.0. The first-order valence-electron chi connectivity index (χ1n) is 20.2. The van der Waals surface area contributed by atoms with Gasteiger partial charge < -0.3 is 4.98 Å². The van der Waals surface area contributed by atoms with Crippen LogP contribution in [-0.4, -0.2) is 10.8 Å². The van der Waals surface area contributed by atoms with Crippen molar-refractivity contribution in [3.05, 3.63) is 242 Å². The largest absolute Gasteiger partial charge is 0.345 e. The van der Waals surface area contributed by atoms with E-state index in [4.69, 9.17) is 4.99 Å². The van der Waals surface area contributed by atoms with Gasteiger partial charge in [0.25, 0.3) is 0 Å². The van der Waals surface area contributed by atoms with Gasteiger partial charge in [-0.15, -0.1) is 0 Å². The molecule has 3 nitrogen and oxygen atoms in total. The van der Waals surface area contributed by atoms with Crippen LogP contribution in [0.2, 0.25) is 0 Å². The highest BCUT2D eigenvalue weighted by atomic mass is 31.1. The molecule has 0 saturated heterocycles. The standard InChI is InChI=1S/C56H40N3P/c57-55(59-56-52(40-21-7-2-8-22-40)37-44(38-58-56)39-19-5-1-6-20-39)43-25-17-23-41(35-43)53-48-31-13-15-33-50(48)54(51-34-16-14-32-49(51)53)42-24-18-30-47(36-42)60(45-26-9-3-10-27-45)46-28-11-4-12-29-46/h1-38H,(H2,57,58,59). The van der Waals surface area contributed by atoms with Crippen molar-refractivity contribution < 1.29 is 0 Å². The van der Waals surface area contributed by atoms with Crippen LogP contribution in [0.1, 0.15) is 5.56 Å². The third-order valence-corrected chi connectivity index (χ3v) is 13.5. The lowest BCUT2D eigenvalue weighted by atomic mass is 9.85. The van der Waals surface area contributed by atoms with E-state index in [-0.39, 0.29) is 5.84 Å². The fourth-order valence-corrected chi connectivity index (χ4v) is 10.7. The molecule has 0 bridgehead atoms. The fraction of sp³-hybridized carbons (Fsp3) is 0. The Morgan fingerprint density at radius 3 is 1.37 bits per heavy atom. The molecule has 284 valence electrons. The molecule has 0 fully saturated rings. The maximum absolute atomic E-state index is 9.37. The Hall–Kier alpha value is -7.45. The van der Waals surface area contributed by atoms with Crippen LogP contribution in [-0.2, 0) is 0 Å². The molecule has 0 aliphatic carbocycles. The van der Waals surface area contributed by atoms with Crippen LogP contribution in [0.4, 0.5) is 0 Å². The first kappa shape index (κ1) is 36.9. The Kier molecular flexibility index (Phi) is 10.1. The number of H-pyrrole nitrogens is 1. The topological polar surface area (TPSA) is 52.0 Å². The van der Waals surface area contributed by atoms with Gasteiger partial charge in [-0.3, -0.25) is 5.41 Å². The van der Waals surface area contributed by atoms with Crippen LogP contribution in [0.5, 0.6) is 0 Å². The molecule has 1 heterocycles. The van der Waals surface area contributed by atoms with Gasteiger partial charge >= 0.3 is 0 Å². The molecule has 10 rings (SSSR count). The van der Waals surface area contributed by atoms with Crippen LogP contribution in [0.25, 0.3) is 66.1 Å². The van der Waals surface area contributed by atoms with E-state index in [1.807, 2.05) is 54.7 Å². The van der Waals surface area contributed by atoms with E-state index in [2.05, 4.69) is 181 Å². The fourth-order valence-electron chi connectivity index (χ4n) is 8.37. The van der Waals surface area contributed by atoms with Crippen molar-refractivity contribution in [2.45, 2.75) is 0 Å². The SMILES string of the molecule is N=C(/N=c1\[nH]cc(-c2ccccc2)cc1-c1ccccc1)c1cccc(-c2c3ccccc3c(-c3cccc(P(c4ccccc4)c4ccccc4)c3)c3ccccc23)c1. The number of amidine groups is 1. The highest BCUT2D eigenvalue weighted by Gasteiger charge is 2.20. The number of hydrogen-bond donors (Lipinski definition) is 2. The average Bonchev–Trinajstić information content (AvgIpc) is 3.32. The van der Waals surface area contributed by atoms with Crippen molar-refractivity contribution >= 4 is 51.2 Å². The Bertz CT molecular complexity index is 3120. The number of hydrogen-bond acceptors (Lipinski definition) is 1. The molecule has 0 unspecified atom stereocenters. The second-order valence-electron chi connectivity index (χ2n) is 14.8. The van der Waals surface area contributed by atoms with E-state index < -0.39 is 7.92 Å². The van der Waals surface area contributed by atoms with Crippen LogP contribution < -0.4 is 21.4 Å². The smallest absolute Gasteiger partial charge is 0.154 e. The summed E-state index contributed by atoms with van der Waals surface area (Å²) in [6.45, 7) is 0. The molecule has 0 atom stereocenters. The summed E-state index contributed by atoms with van der Waals surface area (Å²) in [6.07, 6.45) is 1.98. The molecule has 1 aromatic heterocycles. The summed E-state index contributed by atoms with van der Waals surface area (Å²) in [5.74, 6) is 0.188. The average molecular weight is 786 g/mol. The van der Waals surface area contributed by atoms with E-state index in [1.165, 1.54) is 48.6 Å². The minimum absolute atomic E-state index is 0.188. The van der Waals surface area contributed by atoms with E-state index in [9.17, 15) is 5.41 Å². The highest BCUT2D eigenvalue weighted by Crippen LogP contribution is 2.44. The first-order valence-corrected chi connectivity index (χ1v) is 21.6. The number of nitrogens with zero attached hydrogens (tertiary/aromatic N) is 1. The van der Waals surface area contributed by atoms with Gasteiger partial charge in [0.1, 0.15) is 5.49 Å². The molecule has 10 aromatic rings. The normalized spacial score (nSPS) is 11.7. The van der Waals surface area contributed by atoms with Gasteiger partial charge in [-0.2, -0.15) is 0 Å². The molecule has 2 N–H and O–H groups in total. The molecule has 9 aromatic carbocycles. The number of aromatic nitrogens is 1. The number of aromatic amines is 1. The van der Waals surface area contributed by atoms with E-state index in [1.54, 1.807) is 0 Å². The van der Waals surface area contributed by atoms with Crippen molar-refractivity contribution in [3.8, 4) is 44.5 Å². The number of rotatable bonds is 8. The lowest BCUT2D eigenvalue weighted by Gasteiger charge is -2.21. The summed E-state index contributed by atoms with van der Waals surface area (Å²) < 4.78 is 0. The van der Waals surface area contributed by atoms with Gasteiger partial charge in [0.2, 0.25) is 0 Å².